The van der Waals surface area contributed by atoms with Crippen LogP contribution in [0.1, 0.15) is 10.4 Å². The lowest BCUT2D eigenvalue weighted by Gasteiger charge is -2.15. The van der Waals surface area contributed by atoms with E-state index in [1.54, 1.807) is 0 Å². The molecule has 3 aromatic rings. The molecule has 31 heavy (non-hydrogen) atoms. The van der Waals surface area contributed by atoms with E-state index in [4.69, 9.17) is 27.9 Å². The number of fused-ring (bicyclic) bond motifs is 1. The van der Waals surface area contributed by atoms with Crippen molar-refractivity contribution in [3.63, 3.8) is 0 Å². The zero-order chi connectivity index (χ0) is 22.3. The lowest BCUT2D eigenvalue weighted by Crippen LogP contribution is -2.26. The van der Waals surface area contributed by atoms with E-state index in [9.17, 15) is 22.4 Å². The van der Waals surface area contributed by atoms with Crippen LogP contribution < -0.4 is 19.5 Å². The molecule has 6 nitrogen and oxygen atoms in total. The van der Waals surface area contributed by atoms with Gasteiger partial charge in [0.25, 0.3) is 5.91 Å². The molecule has 0 aliphatic carbocycles. The van der Waals surface area contributed by atoms with E-state index >= 15 is 0 Å². The SMILES string of the molecule is O=C(Nc1cccnc1)c1c(Oc2ccc(F)c3c2OC(F)(F)O3)cc(Cl)c(Cl)c1F. The predicted molar refractivity (Wildman–Crippen MR) is 101 cm³/mol. The molecular weight excluding hydrogens is 467 g/mol. The highest BCUT2D eigenvalue weighted by Gasteiger charge is 2.47. The van der Waals surface area contributed by atoms with Crippen molar-refractivity contribution in [1.82, 2.24) is 4.98 Å². The number of amides is 1. The van der Waals surface area contributed by atoms with Crippen LogP contribution in [0, 0.1) is 11.6 Å². The molecule has 1 aliphatic rings. The number of hydrogen-bond donors (Lipinski definition) is 1. The van der Waals surface area contributed by atoms with E-state index in [1.807, 2.05) is 0 Å². The summed E-state index contributed by atoms with van der Waals surface area (Å²) in [7, 11) is 0. The largest absolute Gasteiger partial charge is 0.586 e. The molecule has 1 aliphatic heterocycles. The summed E-state index contributed by atoms with van der Waals surface area (Å²) in [5, 5.41) is 1.49. The number of nitrogens with zero attached hydrogens (tertiary/aromatic N) is 1. The van der Waals surface area contributed by atoms with Crippen LogP contribution in [-0.4, -0.2) is 17.2 Å². The number of pyridine rings is 1. The number of rotatable bonds is 4. The van der Waals surface area contributed by atoms with Crippen LogP contribution in [-0.2, 0) is 0 Å². The van der Waals surface area contributed by atoms with Gasteiger partial charge >= 0.3 is 6.29 Å². The summed E-state index contributed by atoms with van der Waals surface area (Å²) in [6.45, 7) is 0. The van der Waals surface area contributed by atoms with Crippen LogP contribution >= 0.6 is 23.2 Å². The summed E-state index contributed by atoms with van der Waals surface area (Å²) < 4.78 is 69.3. The molecule has 2 aromatic carbocycles. The highest BCUT2D eigenvalue weighted by atomic mass is 35.5. The summed E-state index contributed by atoms with van der Waals surface area (Å²) in [5.41, 5.74) is -0.468. The number of nitrogens with one attached hydrogen (secondary N) is 1. The van der Waals surface area contributed by atoms with E-state index in [2.05, 4.69) is 19.8 Å². The average molecular weight is 475 g/mol. The molecule has 0 atom stereocenters. The average Bonchev–Trinajstić information content (AvgIpc) is 3.05. The van der Waals surface area contributed by atoms with Crippen LogP contribution in [0.15, 0.2) is 42.7 Å². The minimum atomic E-state index is -4.15. The fourth-order valence-electron chi connectivity index (χ4n) is 2.67. The standard InChI is InChI=1S/C19H8Cl2F4N2O4/c20-9-6-12(29-11-4-3-10(22)16-17(11)31-19(24,25)30-16)13(15(23)14(9)21)18(28)27-8-2-1-5-26-7-8/h1-7H,(H,27,28). The van der Waals surface area contributed by atoms with Crippen LogP contribution in [0.3, 0.4) is 0 Å². The van der Waals surface area contributed by atoms with Crippen molar-refractivity contribution in [2.75, 3.05) is 5.32 Å². The molecule has 4 rings (SSSR count). The Kier molecular flexibility index (Phi) is 5.28. The van der Waals surface area contributed by atoms with Gasteiger partial charge < -0.3 is 19.5 Å². The third-order valence-corrected chi connectivity index (χ3v) is 4.73. The Labute approximate surface area is 181 Å². The van der Waals surface area contributed by atoms with Crippen molar-refractivity contribution in [3.05, 3.63) is 70.0 Å². The molecule has 0 bridgehead atoms. The Hall–Kier alpha value is -3.24. The lowest BCUT2D eigenvalue weighted by atomic mass is 10.1. The molecular formula is C19H8Cl2F4N2O4. The number of carbonyl (C=O) groups is 1. The number of carbonyl (C=O) groups excluding carboxylic acids is 1. The summed E-state index contributed by atoms with van der Waals surface area (Å²) >= 11 is 11.7. The highest BCUT2D eigenvalue weighted by Crippen LogP contribution is 2.50. The lowest BCUT2D eigenvalue weighted by molar-refractivity contribution is -0.287. The van der Waals surface area contributed by atoms with Gasteiger partial charge in [-0.25, -0.2) is 8.78 Å². The first-order chi connectivity index (χ1) is 14.7. The van der Waals surface area contributed by atoms with Gasteiger partial charge in [-0.2, -0.15) is 0 Å². The first-order valence-electron chi connectivity index (χ1n) is 8.31. The topological polar surface area (TPSA) is 69.7 Å². The van der Waals surface area contributed by atoms with Crippen molar-refractivity contribution in [2.24, 2.45) is 0 Å². The third kappa shape index (κ3) is 4.04. The molecule has 0 unspecified atom stereocenters. The van der Waals surface area contributed by atoms with Gasteiger partial charge in [-0.05, 0) is 24.3 Å². The van der Waals surface area contributed by atoms with Gasteiger partial charge in [-0.3, -0.25) is 9.78 Å². The van der Waals surface area contributed by atoms with E-state index in [1.165, 1.54) is 24.5 Å². The van der Waals surface area contributed by atoms with Crippen LogP contribution in [0.25, 0.3) is 0 Å². The fourth-order valence-corrected chi connectivity index (χ4v) is 3.00. The number of anilines is 1. The summed E-state index contributed by atoms with van der Waals surface area (Å²) in [4.78, 5) is 16.5. The van der Waals surface area contributed by atoms with Gasteiger partial charge in [0, 0.05) is 12.3 Å². The number of benzene rings is 2. The second-order valence-electron chi connectivity index (χ2n) is 6.03. The fraction of sp³-hybridized carbons (Fsp3) is 0.0526. The van der Waals surface area contributed by atoms with Crippen LogP contribution in [0.4, 0.5) is 23.2 Å². The molecule has 1 aromatic heterocycles. The van der Waals surface area contributed by atoms with Crippen molar-refractivity contribution >= 4 is 34.8 Å². The number of alkyl halides is 2. The smallest absolute Gasteiger partial charge is 0.452 e. The second kappa shape index (κ2) is 7.78. The Bertz CT molecular complexity index is 1200. The summed E-state index contributed by atoms with van der Waals surface area (Å²) in [5.74, 6) is -6.05. The van der Waals surface area contributed by atoms with Gasteiger partial charge in [-0.15, -0.1) is 8.78 Å². The van der Waals surface area contributed by atoms with Gasteiger partial charge in [0.15, 0.2) is 17.4 Å². The van der Waals surface area contributed by atoms with Gasteiger partial charge in [0.1, 0.15) is 11.3 Å². The maximum absolute atomic E-state index is 14.8. The van der Waals surface area contributed by atoms with Crippen LogP contribution in [0.5, 0.6) is 23.0 Å². The van der Waals surface area contributed by atoms with Gasteiger partial charge in [0.05, 0.1) is 21.9 Å². The van der Waals surface area contributed by atoms with Gasteiger partial charge in [0.2, 0.25) is 11.5 Å². The minimum Gasteiger partial charge on any atom is -0.452 e. The molecule has 1 N–H and O–H groups in total. The third-order valence-electron chi connectivity index (χ3n) is 3.96. The van der Waals surface area contributed by atoms with E-state index < -0.39 is 57.4 Å². The zero-order valence-corrected chi connectivity index (χ0v) is 16.4. The van der Waals surface area contributed by atoms with Crippen molar-refractivity contribution < 1.29 is 36.6 Å². The molecule has 2 heterocycles. The highest BCUT2D eigenvalue weighted by molar-refractivity contribution is 6.42. The first kappa shape index (κ1) is 21.0. The Morgan fingerprint density at radius 2 is 1.84 bits per heavy atom. The quantitative estimate of drug-likeness (QED) is 0.369. The number of ether oxygens (including phenoxy) is 3. The van der Waals surface area contributed by atoms with Gasteiger partial charge in [-0.1, -0.05) is 23.2 Å². The molecule has 0 spiro atoms. The Balaban J connectivity index is 1.77. The van der Waals surface area contributed by atoms with E-state index in [0.717, 1.165) is 18.2 Å². The summed E-state index contributed by atoms with van der Waals surface area (Å²) in [6.07, 6.45) is -1.39. The summed E-state index contributed by atoms with van der Waals surface area (Å²) in [6, 6.07) is 5.71. The maximum Gasteiger partial charge on any atom is 0.586 e. The van der Waals surface area contributed by atoms with Crippen LogP contribution in [0.2, 0.25) is 10.0 Å². The normalized spacial score (nSPS) is 13.7. The zero-order valence-electron chi connectivity index (χ0n) is 14.9. The molecule has 0 saturated heterocycles. The first-order valence-corrected chi connectivity index (χ1v) is 9.07. The van der Waals surface area contributed by atoms with Crippen molar-refractivity contribution in [1.29, 1.82) is 0 Å². The Morgan fingerprint density at radius 1 is 1.10 bits per heavy atom. The molecule has 0 fully saturated rings. The number of aromatic nitrogens is 1. The minimum absolute atomic E-state index is 0.225. The second-order valence-corrected chi connectivity index (χ2v) is 6.81. The van der Waals surface area contributed by atoms with E-state index in [-0.39, 0.29) is 10.7 Å². The monoisotopic (exact) mass is 474 g/mol. The van der Waals surface area contributed by atoms with Crippen molar-refractivity contribution in [3.8, 4) is 23.0 Å². The molecule has 160 valence electrons. The number of hydrogen-bond acceptors (Lipinski definition) is 5. The van der Waals surface area contributed by atoms with E-state index in [0.29, 0.717) is 0 Å². The Morgan fingerprint density at radius 3 is 2.55 bits per heavy atom. The van der Waals surface area contributed by atoms with Crippen molar-refractivity contribution in [2.45, 2.75) is 6.29 Å². The number of halogens is 6. The predicted octanol–water partition coefficient (Wildman–Crippen LogP) is 6.03. The molecule has 0 radical (unpaired) electrons. The maximum atomic E-state index is 14.8. The molecule has 12 heteroatoms. The molecule has 0 saturated carbocycles. The molecule has 1 amide bonds.